The summed E-state index contributed by atoms with van der Waals surface area (Å²) in [4.78, 5) is 15.5. The number of aryl methyl sites for hydroxylation is 2. The molecule has 8 heteroatoms. The third-order valence-corrected chi connectivity index (χ3v) is 6.48. The van der Waals surface area contributed by atoms with E-state index >= 15 is 4.39 Å². The van der Waals surface area contributed by atoms with E-state index in [-0.39, 0.29) is 22.8 Å². The fourth-order valence-corrected chi connectivity index (χ4v) is 4.85. The lowest BCUT2D eigenvalue weighted by Gasteiger charge is -2.31. The van der Waals surface area contributed by atoms with Gasteiger partial charge in [0.2, 0.25) is 0 Å². The molecule has 1 fully saturated rings. The van der Waals surface area contributed by atoms with Gasteiger partial charge in [0.05, 0.1) is 11.5 Å². The molecule has 6 nitrogen and oxygen atoms in total. The molecule has 176 valence electrons. The highest BCUT2D eigenvalue weighted by Crippen LogP contribution is 2.38. The largest absolute Gasteiger partial charge is 0.508 e. The molecule has 0 saturated carbocycles. The first kappa shape index (κ1) is 22.4. The van der Waals surface area contributed by atoms with Gasteiger partial charge < -0.3 is 15.1 Å². The summed E-state index contributed by atoms with van der Waals surface area (Å²) in [6, 6.07) is 5.88. The number of anilines is 1. The van der Waals surface area contributed by atoms with E-state index in [1.807, 2.05) is 18.7 Å². The number of piperidine rings is 1. The summed E-state index contributed by atoms with van der Waals surface area (Å²) in [6.45, 7) is 4.84. The number of fused-ring (bicyclic) bond motifs is 2. The van der Waals surface area contributed by atoms with Crippen molar-refractivity contribution in [1.82, 2.24) is 15.0 Å². The van der Waals surface area contributed by atoms with Crippen LogP contribution in [0.15, 0.2) is 30.5 Å². The number of aromatic nitrogens is 3. The van der Waals surface area contributed by atoms with Gasteiger partial charge in [0.15, 0.2) is 5.82 Å². The van der Waals surface area contributed by atoms with Crippen LogP contribution in [-0.4, -0.2) is 44.4 Å². The normalized spacial score (nSPS) is 16.5. The van der Waals surface area contributed by atoms with Gasteiger partial charge in [-0.15, -0.1) is 0 Å². The third-order valence-electron chi connectivity index (χ3n) is 6.48. The van der Waals surface area contributed by atoms with Crippen molar-refractivity contribution < 1.29 is 19.0 Å². The number of aliphatic hydroxyl groups excluding tert-OH is 1. The molecule has 4 aromatic rings. The molecule has 0 bridgehead atoms. The molecule has 1 aliphatic heterocycles. The van der Waals surface area contributed by atoms with Crippen LogP contribution in [-0.2, 0) is 12.8 Å². The van der Waals surface area contributed by atoms with E-state index in [0.717, 1.165) is 12.8 Å². The minimum absolute atomic E-state index is 0.000850. The smallest absolute Gasteiger partial charge is 0.175 e. The summed E-state index contributed by atoms with van der Waals surface area (Å²) in [5.41, 5.74) is 0.878. The number of β-amino-alcohol motifs (C(OH)–C–C–N with tert-alkyl or cyclic N) is 1. The van der Waals surface area contributed by atoms with Crippen LogP contribution in [0.2, 0.25) is 0 Å². The predicted molar refractivity (Wildman–Crippen MR) is 128 cm³/mol. The Morgan fingerprint density at radius 3 is 2.68 bits per heavy atom. The molecule has 0 radical (unpaired) electrons. The Labute approximate surface area is 195 Å². The van der Waals surface area contributed by atoms with E-state index in [1.165, 1.54) is 24.4 Å². The number of aliphatic hydroxyl groups is 1. The molecular weight excluding hydrogens is 438 g/mol. The summed E-state index contributed by atoms with van der Waals surface area (Å²) >= 11 is 0. The number of halogens is 2. The Kier molecular flexibility index (Phi) is 5.77. The number of benzene rings is 2. The lowest BCUT2D eigenvalue weighted by atomic mass is 9.94. The molecule has 5 rings (SSSR count). The monoisotopic (exact) mass is 464 g/mol. The summed E-state index contributed by atoms with van der Waals surface area (Å²) in [7, 11) is 0. The van der Waals surface area contributed by atoms with E-state index in [2.05, 4.69) is 15.0 Å². The highest BCUT2D eigenvalue weighted by molar-refractivity contribution is 6.01. The van der Waals surface area contributed by atoms with Crippen molar-refractivity contribution in [3.05, 3.63) is 53.5 Å². The van der Waals surface area contributed by atoms with Gasteiger partial charge in [-0.3, -0.25) is 4.98 Å². The fourth-order valence-electron chi connectivity index (χ4n) is 4.85. The quantitative estimate of drug-likeness (QED) is 0.446. The number of phenols is 1. The maximum absolute atomic E-state index is 16.1. The molecule has 1 atom stereocenters. The Hall–Kier alpha value is -3.39. The Morgan fingerprint density at radius 2 is 1.94 bits per heavy atom. The summed E-state index contributed by atoms with van der Waals surface area (Å²) in [5, 5.41) is 22.1. The van der Waals surface area contributed by atoms with Gasteiger partial charge in [-0.05, 0) is 53.8 Å². The van der Waals surface area contributed by atoms with Crippen molar-refractivity contribution in [2.75, 3.05) is 18.0 Å². The minimum atomic E-state index is -0.647. The van der Waals surface area contributed by atoms with Gasteiger partial charge in [0.1, 0.15) is 34.4 Å². The van der Waals surface area contributed by atoms with Crippen LogP contribution in [0.4, 0.5) is 14.6 Å². The molecule has 1 aliphatic rings. The van der Waals surface area contributed by atoms with Crippen LogP contribution in [0.1, 0.15) is 38.1 Å². The Bertz CT molecular complexity index is 1410. The Balaban J connectivity index is 1.78. The van der Waals surface area contributed by atoms with E-state index < -0.39 is 11.9 Å². The van der Waals surface area contributed by atoms with Crippen LogP contribution < -0.4 is 4.90 Å². The average Bonchev–Trinajstić information content (AvgIpc) is 2.83. The summed E-state index contributed by atoms with van der Waals surface area (Å²) in [5.74, 6) is -0.0482. The molecule has 2 aromatic carbocycles. The zero-order valence-electron chi connectivity index (χ0n) is 19.1. The Morgan fingerprint density at radius 1 is 1.12 bits per heavy atom. The standard InChI is InChI=1S/C26H26F2N4O2/c1-3-17-20(27)8-7-14-10-16(34)11-18(22(14)17)24-23(28)25-19(12-29-24)26(31-21(4-2)30-25)32-9-5-6-15(33)13-32/h7-8,10-12,15,33-34H,3-6,9,13H2,1-2H3. The van der Waals surface area contributed by atoms with Crippen LogP contribution in [0, 0.1) is 11.6 Å². The molecule has 0 amide bonds. The molecule has 0 aliphatic carbocycles. The maximum atomic E-state index is 16.1. The van der Waals surface area contributed by atoms with Crippen LogP contribution in [0.3, 0.4) is 0 Å². The van der Waals surface area contributed by atoms with Crippen LogP contribution in [0.25, 0.3) is 32.9 Å². The summed E-state index contributed by atoms with van der Waals surface area (Å²) < 4.78 is 30.7. The molecular formula is C26H26F2N4O2. The van der Waals surface area contributed by atoms with Gasteiger partial charge >= 0.3 is 0 Å². The first-order chi connectivity index (χ1) is 16.4. The minimum Gasteiger partial charge on any atom is -0.508 e. The van der Waals surface area contributed by atoms with Crippen LogP contribution >= 0.6 is 0 Å². The topological polar surface area (TPSA) is 82.4 Å². The average molecular weight is 465 g/mol. The molecule has 1 unspecified atom stereocenters. The predicted octanol–water partition coefficient (Wildman–Crippen LogP) is 4.91. The van der Waals surface area contributed by atoms with Crippen molar-refractivity contribution in [2.24, 2.45) is 0 Å². The molecule has 2 aromatic heterocycles. The second-order valence-corrected chi connectivity index (χ2v) is 8.71. The van der Waals surface area contributed by atoms with Crippen LogP contribution in [0.5, 0.6) is 5.75 Å². The maximum Gasteiger partial charge on any atom is 0.175 e. The highest BCUT2D eigenvalue weighted by atomic mass is 19.1. The van der Waals surface area contributed by atoms with E-state index in [4.69, 9.17) is 0 Å². The number of nitrogens with zero attached hydrogens (tertiary/aromatic N) is 4. The molecule has 0 spiro atoms. The van der Waals surface area contributed by atoms with Crippen molar-refractivity contribution in [3.63, 3.8) is 0 Å². The van der Waals surface area contributed by atoms with Gasteiger partial charge in [-0.25, -0.2) is 18.7 Å². The lowest BCUT2D eigenvalue weighted by molar-refractivity contribution is 0.154. The van der Waals surface area contributed by atoms with Gasteiger partial charge in [0, 0.05) is 31.3 Å². The zero-order valence-corrected chi connectivity index (χ0v) is 19.1. The number of hydrogen-bond donors (Lipinski definition) is 2. The van der Waals surface area contributed by atoms with Gasteiger partial charge in [-0.2, -0.15) is 0 Å². The molecule has 34 heavy (non-hydrogen) atoms. The first-order valence-electron chi connectivity index (χ1n) is 11.6. The number of pyridine rings is 1. The number of aromatic hydroxyl groups is 1. The van der Waals surface area contributed by atoms with Crippen molar-refractivity contribution in [1.29, 1.82) is 0 Å². The van der Waals surface area contributed by atoms with E-state index in [1.54, 1.807) is 6.07 Å². The number of hydrogen-bond acceptors (Lipinski definition) is 6. The zero-order chi connectivity index (χ0) is 24.0. The second-order valence-electron chi connectivity index (χ2n) is 8.71. The number of phenolic OH excluding ortho intramolecular Hbond substituents is 1. The number of rotatable bonds is 4. The SMILES string of the molecule is CCc1nc(N2CCCC(O)C2)c2cnc(-c3cc(O)cc4ccc(F)c(CC)c34)c(F)c2n1. The highest BCUT2D eigenvalue weighted by Gasteiger charge is 2.25. The van der Waals surface area contributed by atoms with Crippen molar-refractivity contribution in [2.45, 2.75) is 45.6 Å². The van der Waals surface area contributed by atoms with E-state index in [0.29, 0.717) is 64.9 Å². The molecule has 2 N–H and O–H groups in total. The van der Waals surface area contributed by atoms with Crippen molar-refractivity contribution >= 4 is 27.5 Å². The third kappa shape index (κ3) is 3.72. The lowest BCUT2D eigenvalue weighted by Crippen LogP contribution is -2.39. The van der Waals surface area contributed by atoms with Crippen molar-refractivity contribution in [3.8, 4) is 17.0 Å². The molecule has 3 heterocycles. The van der Waals surface area contributed by atoms with E-state index in [9.17, 15) is 14.6 Å². The van der Waals surface area contributed by atoms with Gasteiger partial charge in [0.25, 0.3) is 0 Å². The fraction of sp³-hybridized carbons (Fsp3) is 0.346. The second kappa shape index (κ2) is 8.76. The first-order valence-corrected chi connectivity index (χ1v) is 11.6. The summed E-state index contributed by atoms with van der Waals surface area (Å²) in [6.07, 6.45) is 3.50. The van der Waals surface area contributed by atoms with Gasteiger partial charge in [-0.1, -0.05) is 19.9 Å². The molecule has 1 saturated heterocycles.